The molecule has 0 saturated carbocycles. The molecule has 2 aromatic heterocycles. The second-order valence-electron chi connectivity index (χ2n) is 13.3. The van der Waals surface area contributed by atoms with Crippen molar-refractivity contribution in [3.05, 3.63) is 175 Å². The number of benzene rings is 6. The highest BCUT2D eigenvalue weighted by atomic mass is 14.9. The van der Waals surface area contributed by atoms with Crippen LogP contribution in [-0.2, 0) is 5.41 Å². The highest BCUT2D eigenvalue weighted by molar-refractivity contribution is 6.03. The lowest BCUT2D eigenvalue weighted by atomic mass is 9.82. The van der Waals surface area contributed by atoms with E-state index in [9.17, 15) is 0 Å². The van der Waals surface area contributed by atoms with Crippen LogP contribution in [0.5, 0.6) is 0 Å². The third kappa shape index (κ3) is 5.03. The molecule has 0 aliphatic heterocycles. The zero-order chi connectivity index (χ0) is 33.0. The zero-order valence-corrected chi connectivity index (χ0v) is 27.4. The van der Waals surface area contributed by atoms with Crippen LogP contribution in [0.15, 0.2) is 164 Å². The molecule has 0 radical (unpaired) electrons. The van der Waals surface area contributed by atoms with E-state index < -0.39 is 0 Å². The van der Waals surface area contributed by atoms with Gasteiger partial charge in [0, 0.05) is 34.5 Å². The molecule has 8 aromatic rings. The molecule has 0 N–H and O–H groups in total. The second kappa shape index (κ2) is 11.5. The van der Waals surface area contributed by atoms with Gasteiger partial charge in [-0.3, -0.25) is 4.98 Å². The molecule has 0 unspecified atom stereocenters. The fraction of sp³-hybridized carbons (Fsp3) is 0.0652. The lowest BCUT2D eigenvalue weighted by Crippen LogP contribution is -2.14. The van der Waals surface area contributed by atoms with Gasteiger partial charge in [0.2, 0.25) is 0 Å². The molecule has 0 spiro atoms. The lowest BCUT2D eigenvalue weighted by Gasteiger charge is -2.21. The van der Waals surface area contributed by atoms with Crippen molar-refractivity contribution in [2.45, 2.75) is 19.3 Å². The van der Waals surface area contributed by atoms with Crippen LogP contribution < -0.4 is 0 Å². The Morgan fingerprint density at radius 2 is 1.04 bits per heavy atom. The summed E-state index contributed by atoms with van der Waals surface area (Å²) in [5.74, 6) is 0.709. The van der Waals surface area contributed by atoms with E-state index in [1.165, 1.54) is 44.2 Å². The van der Waals surface area contributed by atoms with Crippen molar-refractivity contribution in [3.63, 3.8) is 0 Å². The molecule has 49 heavy (non-hydrogen) atoms. The van der Waals surface area contributed by atoms with Crippen molar-refractivity contribution >= 4 is 10.8 Å². The van der Waals surface area contributed by atoms with Crippen LogP contribution in [0.3, 0.4) is 0 Å². The molecule has 1 aliphatic rings. The van der Waals surface area contributed by atoms with Gasteiger partial charge in [-0.15, -0.1) is 0 Å². The number of hydrogen-bond acceptors (Lipinski definition) is 3. The minimum atomic E-state index is -0.0443. The molecule has 0 saturated heterocycles. The first-order chi connectivity index (χ1) is 24.0. The van der Waals surface area contributed by atoms with Crippen LogP contribution >= 0.6 is 0 Å². The molecule has 0 bridgehead atoms. The van der Waals surface area contributed by atoms with E-state index in [1.807, 2.05) is 30.5 Å². The maximum absolute atomic E-state index is 5.06. The molecular weight excluding hydrogens is 595 g/mol. The maximum atomic E-state index is 5.06. The first-order valence-electron chi connectivity index (χ1n) is 16.8. The van der Waals surface area contributed by atoms with Crippen LogP contribution in [0.2, 0.25) is 0 Å². The first-order valence-corrected chi connectivity index (χ1v) is 16.8. The van der Waals surface area contributed by atoms with Gasteiger partial charge >= 0.3 is 0 Å². The third-order valence-corrected chi connectivity index (χ3v) is 10.0. The minimum absolute atomic E-state index is 0.0443. The van der Waals surface area contributed by atoms with Crippen molar-refractivity contribution in [3.8, 4) is 67.3 Å². The number of pyridine rings is 1. The zero-order valence-electron chi connectivity index (χ0n) is 27.4. The molecule has 3 nitrogen and oxygen atoms in total. The summed E-state index contributed by atoms with van der Waals surface area (Å²) in [4.78, 5) is 14.4. The fourth-order valence-electron chi connectivity index (χ4n) is 7.36. The topological polar surface area (TPSA) is 38.7 Å². The Bertz CT molecular complexity index is 2480. The normalized spacial score (nSPS) is 12.9. The number of fused-ring (bicyclic) bond motifs is 5. The Labute approximate surface area is 286 Å². The molecule has 6 aromatic carbocycles. The van der Waals surface area contributed by atoms with Gasteiger partial charge in [-0.2, -0.15) is 0 Å². The van der Waals surface area contributed by atoms with Crippen LogP contribution in [0.25, 0.3) is 78.1 Å². The van der Waals surface area contributed by atoms with E-state index in [0.717, 1.165) is 39.2 Å². The van der Waals surface area contributed by atoms with Gasteiger partial charge < -0.3 is 0 Å². The van der Waals surface area contributed by atoms with Crippen LogP contribution in [-0.4, -0.2) is 15.0 Å². The van der Waals surface area contributed by atoms with Gasteiger partial charge in [-0.1, -0.05) is 147 Å². The Morgan fingerprint density at radius 3 is 1.73 bits per heavy atom. The Balaban J connectivity index is 1.10. The molecule has 0 atom stereocenters. The second-order valence-corrected chi connectivity index (χ2v) is 13.3. The standard InChI is InChI=1S/C46H33N3/c1-46(2)40-24-23-36(27-39(40)44-38-13-7-6-9-32(38)22-25-41(44)46)30-14-18-33(19-15-30)42-28-43(49-45(48-42)35-10-4-3-5-11-35)34-20-16-31(17-21-34)37-12-8-26-47-29-37/h3-29H,1-2H3. The predicted octanol–water partition coefficient (Wildman–Crippen LogP) is 11.7. The fourth-order valence-corrected chi connectivity index (χ4v) is 7.36. The summed E-state index contributed by atoms with van der Waals surface area (Å²) in [5, 5.41) is 2.60. The van der Waals surface area contributed by atoms with Gasteiger partial charge in [-0.05, 0) is 73.5 Å². The van der Waals surface area contributed by atoms with Crippen molar-refractivity contribution in [1.82, 2.24) is 15.0 Å². The average molecular weight is 628 g/mol. The molecule has 232 valence electrons. The van der Waals surface area contributed by atoms with E-state index in [0.29, 0.717) is 5.82 Å². The highest BCUT2D eigenvalue weighted by Crippen LogP contribution is 2.52. The molecule has 2 heterocycles. The molecule has 0 amide bonds. The summed E-state index contributed by atoms with van der Waals surface area (Å²) in [6, 6.07) is 54.0. The van der Waals surface area contributed by atoms with Crippen molar-refractivity contribution in [2.75, 3.05) is 0 Å². The number of hydrogen-bond donors (Lipinski definition) is 0. The molecular formula is C46H33N3. The van der Waals surface area contributed by atoms with Crippen molar-refractivity contribution in [2.24, 2.45) is 0 Å². The van der Waals surface area contributed by atoms with Gasteiger partial charge in [0.1, 0.15) is 0 Å². The molecule has 1 aliphatic carbocycles. The largest absolute Gasteiger partial charge is 0.264 e. The minimum Gasteiger partial charge on any atom is -0.264 e. The molecule has 9 rings (SSSR count). The van der Waals surface area contributed by atoms with E-state index >= 15 is 0 Å². The summed E-state index contributed by atoms with van der Waals surface area (Å²) < 4.78 is 0. The number of rotatable bonds is 5. The SMILES string of the molecule is CC1(C)c2ccc(-c3ccc(-c4cc(-c5ccc(-c6cccnc6)cc5)nc(-c5ccccc5)n4)cc3)cc2-c2c1ccc1ccccc21. The summed E-state index contributed by atoms with van der Waals surface area (Å²) in [7, 11) is 0. The lowest BCUT2D eigenvalue weighted by molar-refractivity contribution is 0.661. The monoisotopic (exact) mass is 627 g/mol. The van der Waals surface area contributed by atoms with Crippen LogP contribution in [0.1, 0.15) is 25.0 Å². The molecule has 0 fully saturated rings. The Morgan fingerprint density at radius 1 is 0.449 bits per heavy atom. The first kappa shape index (κ1) is 29.0. The van der Waals surface area contributed by atoms with Crippen LogP contribution in [0.4, 0.5) is 0 Å². The van der Waals surface area contributed by atoms with Gasteiger partial charge in [0.25, 0.3) is 0 Å². The van der Waals surface area contributed by atoms with Crippen LogP contribution in [0, 0.1) is 0 Å². The quantitative estimate of drug-likeness (QED) is 0.191. The van der Waals surface area contributed by atoms with Gasteiger partial charge in [0.05, 0.1) is 11.4 Å². The number of nitrogens with zero attached hydrogens (tertiary/aromatic N) is 3. The Kier molecular flexibility index (Phi) is 6.80. The predicted molar refractivity (Wildman–Crippen MR) is 202 cm³/mol. The highest BCUT2D eigenvalue weighted by Gasteiger charge is 2.36. The summed E-state index contributed by atoms with van der Waals surface area (Å²) in [6.07, 6.45) is 3.68. The summed E-state index contributed by atoms with van der Waals surface area (Å²) in [6.45, 7) is 4.69. The van der Waals surface area contributed by atoms with Gasteiger partial charge in [-0.25, -0.2) is 9.97 Å². The Hall–Kier alpha value is -6.19. The molecule has 3 heteroatoms. The summed E-state index contributed by atoms with van der Waals surface area (Å²) >= 11 is 0. The van der Waals surface area contributed by atoms with Crippen molar-refractivity contribution < 1.29 is 0 Å². The van der Waals surface area contributed by atoms with Crippen molar-refractivity contribution in [1.29, 1.82) is 0 Å². The average Bonchev–Trinajstić information content (AvgIpc) is 3.41. The maximum Gasteiger partial charge on any atom is 0.160 e. The van der Waals surface area contributed by atoms with E-state index in [4.69, 9.17) is 9.97 Å². The summed E-state index contributed by atoms with van der Waals surface area (Å²) in [5.41, 5.74) is 14.9. The van der Waals surface area contributed by atoms with E-state index in [1.54, 1.807) is 6.20 Å². The third-order valence-electron chi connectivity index (χ3n) is 10.0. The van der Waals surface area contributed by atoms with E-state index in [-0.39, 0.29) is 5.41 Å². The smallest absolute Gasteiger partial charge is 0.160 e. The number of aromatic nitrogens is 3. The van der Waals surface area contributed by atoms with Gasteiger partial charge in [0.15, 0.2) is 5.82 Å². The van der Waals surface area contributed by atoms with E-state index in [2.05, 4.69) is 146 Å².